The summed E-state index contributed by atoms with van der Waals surface area (Å²) in [4.78, 5) is 1.99. The van der Waals surface area contributed by atoms with E-state index < -0.39 is 52.9 Å². The summed E-state index contributed by atoms with van der Waals surface area (Å²) in [5.41, 5.74) is -4.82. The second kappa shape index (κ2) is 11.0. The van der Waals surface area contributed by atoms with Gasteiger partial charge in [-0.1, -0.05) is 65.9 Å². The van der Waals surface area contributed by atoms with Gasteiger partial charge in [-0.05, 0) is 54.7 Å². The molecule has 0 amide bonds. The van der Waals surface area contributed by atoms with Crippen molar-refractivity contribution in [3.63, 3.8) is 0 Å². The fraction of sp³-hybridized carbons (Fsp3) is 0.387. The number of tetrazole rings is 1. The van der Waals surface area contributed by atoms with E-state index >= 15 is 4.39 Å². The quantitative estimate of drug-likeness (QED) is 0.217. The number of hydrogen-bond acceptors (Lipinski definition) is 5. The molecule has 1 aromatic heterocycles. The topological polar surface area (TPSA) is 66.9 Å². The van der Waals surface area contributed by atoms with Crippen molar-refractivity contribution in [2.45, 2.75) is 74.5 Å². The molecule has 0 saturated carbocycles. The maximum absolute atomic E-state index is 17.4. The van der Waals surface area contributed by atoms with Gasteiger partial charge in [0.25, 0.3) is 0 Å². The number of piperidine rings is 1. The molecule has 4 aromatic rings. The lowest BCUT2D eigenvalue weighted by molar-refractivity contribution is -0.144. The number of fused-ring (bicyclic) bond motifs is 2. The average Bonchev–Trinajstić information content (AvgIpc) is 3.59. The Labute approximate surface area is 248 Å². The molecule has 0 radical (unpaired) electrons. The first-order chi connectivity index (χ1) is 20.8. The SMILES string of the molecule is CC(OC1CCC2N(Cc3ccccc3)C1(c1ccccc1)CC2(F)c1nn[nH]n1)c1cc(C(F)(F)F)cc(C(F)(F)F)c1. The molecule has 232 valence electrons. The fourth-order valence-corrected chi connectivity index (χ4v) is 6.87. The van der Waals surface area contributed by atoms with E-state index in [0.29, 0.717) is 24.2 Å². The van der Waals surface area contributed by atoms with Gasteiger partial charge in [0.05, 0.1) is 34.9 Å². The highest BCUT2D eigenvalue weighted by Crippen LogP contribution is 2.61. The summed E-state index contributed by atoms with van der Waals surface area (Å²) < 4.78 is 106. The Morgan fingerprint density at radius 3 is 2.09 bits per heavy atom. The number of rotatable bonds is 7. The first-order valence-electron chi connectivity index (χ1n) is 14.1. The molecule has 5 unspecified atom stereocenters. The molecular weight excluding hydrogens is 591 g/mol. The summed E-state index contributed by atoms with van der Waals surface area (Å²) in [5, 5.41) is 13.9. The number of halogens is 7. The maximum Gasteiger partial charge on any atom is 0.416 e. The van der Waals surface area contributed by atoms with Crippen molar-refractivity contribution in [1.82, 2.24) is 25.5 Å². The smallest absolute Gasteiger partial charge is 0.368 e. The van der Waals surface area contributed by atoms with Crippen LogP contribution in [-0.2, 0) is 34.8 Å². The van der Waals surface area contributed by atoms with Gasteiger partial charge in [0.1, 0.15) is 0 Å². The van der Waals surface area contributed by atoms with Gasteiger partial charge in [0, 0.05) is 13.0 Å². The number of nitrogens with zero attached hydrogens (tertiary/aromatic N) is 4. The van der Waals surface area contributed by atoms with E-state index in [9.17, 15) is 26.3 Å². The summed E-state index contributed by atoms with van der Waals surface area (Å²) in [6, 6.07) is 19.2. The zero-order valence-corrected chi connectivity index (χ0v) is 23.4. The summed E-state index contributed by atoms with van der Waals surface area (Å²) >= 11 is 0. The van der Waals surface area contributed by atoms with Gasteiger partial charge in [-0.2, -0.15) is 31.6 Å². The Balaban J connectivity index is 1.46. The lowest BCUT2D eigenvalue weighted by Gasteiger charge is -2.50. The minimum Gasteiger partial charge on any atom is -0.368 e. The van der Waals surface area contributed by atoms with Gasteiger partial charge in [-0.3, -0.25) is 4.90 Å². The van der Waals surface area contributed by atoms with E-state index in [0.717, 1.165) is 5.56 Å². The largest absolute Gasteiger partial charge is 0.416 e. The van der Waals surface area contributed by atoms with E-state index in [2.05, 4.69) is 20.6 Å². The van der Waals surface area contributed by atoms with E-state index in [4.69, 9.17) is 4.74 Å². The highest BCUT2D eigenvalue weighted by Gasteiger charge is 2.68. The summed E-state index contributed by atoms with van der Waals surface area (Å²) in [6.45, 7) is 1.71. The molecule has 3 aromatic carbocycles. The highest BCUT2D eigenvalue weighted by molar-refractivity contribution is 5.37. The number of aromatic amines is 1. The molecule has 0 aliphatic carbocycles. The van der Waals surface area contributed by atoms with Gasteiger partial charge in [0.2, 0.25) is 5.82 Å². The normalized spacial score (nSPS) is 26.5. The van der Waals surface area contributed by atoms with Gasteiger partial charge < -0.3 is 4.74 Å². The molecule has 2 bridgehead atoms. The Hall–Kier alpha value is -3.84. The van der Waals surface area contributed by atoms with Crippen LogP contribution in [0.4, 0.5) is 30.7 Å². The number of aromatic nitrogens is 4. The number of alkyl halides is 7. The third-order valence-corrected chi connectivity index (χ3v) is 8.81. The van der Waals surface area contributed by atoms with Crippen LogP contribution in [0.3, 0.4) is 0 Å². The minimum absolute atomic E-state index is 0.0911. The lowest BCUT2D eigenvalue weighted by atomic mass is 9.77. The number of benzene rings is 3. The average molecular weight is 620 g/mol. The molecule has 6 rings (SSSR count). The first-order valence-corrected chi connectivity index (χ1v) is 14.1. The van der Waals surface area contributed by atoms with Crippen LogP contribution in [0.5, 0.6) is 0 Å². The Bertz CT molecular complexity index is 1550. The molecule has 5 atom stereocenters. The zero-order valence-electron chi connectivity index (χ0n) is 23.4. The van der Waals surface area contributed by atoms with Gasteiger partial charge in [-0.25, -0.2) is 4.39 Å². The predicted octanol–water partition coefficient (Wildman–Crippen LogP) is 7.51. The molecule has 2 saturated heterocycles. The van der Waals surface area contributed by atoms with Crippen molar-refractivity contribution in [2.75, 3.05) is 0 Å². The summed E-state index contributed by atoms with van der Waals surface area (Å²) in [5.74, 6) is -0.125. The second-order valence-electron chi connectivity index (χ2n) is 11.4. The third-order valence-electron chi connectivity index (χ3n) is 8.81. The number of hydrogen-bond donors (Lipinski definition) is 1. The molecular formula is C31H28F7N5O. The third kappa shape index (κ3) is 5.25. The van der Waals surface area contributed by atoms with Crippen LogP contribution in [0.15, 0.2) is 78.9 Å². The molecule has 0 spiro atoms. The van der Waals surface area contributed by atoms with Gasteiger partial charge >= 0.3 is 12.4 Å². The van der Waals surface area contributed by atoms with Crippen molar-refractivity contribution in [2.24, 2.45) is 0 Å². The molecule has 3 heterocycles. The predicted molar refractivity (Wildman–Crippen MR) is 144 cm³/mol. The molecule has 1 N–H and O–H groups in total. The highest BCUT2D eigenvalue weighted by atomic mass is 19.4. The molecule has 13 heteroatoms. The monoisotopic (exact) mass is 619 g/mol. The van der Waals surface area contributed by atoms with Crippen molar-refractivity contribution in [3.05, 3.63) is 113 Å². The summed E-state index contributed by atoms with van der Waals surface area (Å²) in [6.07, 6.45) is -11.7. The second-order valence-corrected chi connectivity index (χ2v) is 11.4. The van der Waals surface area contributed by atoms with Crippen LogP contribution in [0.2, 0.25) is 0 Å². The minimum atomic E-state index is -5.00. The van der Waals surface area contributed by atoms with Gasteiger partial charge in [0.15, 0.2) is 5.67 Å². The number of nitrogens with one attached hydrogen (secondary N) is 1. The van der Waals surface area contributed by atoms with Crippen LogP contribution >= 0.6 is 0 Å². The lowest BCUT2D eigenvalue weighted by Crippen LogP contribution is -2.57. The Morgan fingerprint density at radius 1 is 0.909 bits per heavy atom. The van der Waals surface area contributed by atoms with Crippen molar-refractivity contribution in [3.8, 4) is 0 Å². The van der Waals surface area contributed by atoms with Crippen molar-refractivity contribution >= 4 is 0 Å². The van der Waals surface area contributed by atoms with E-state index in [1.54, 1.807) is 18.2 Å². The Kier molecular flexibility index (Phi) is 7.52. The van der Waals surface area contributed by atoms with E-state index in [1.807, 2.05) is 47.4 Å². The molecule has 2 fully saturated rings. The number of H-pyrrole nitrogens is 1. The van der Waals surface area contributed by atoms with Crippen LogP contribution in [-0.4, -0.2) is 37.7 Å². The van der Waals surface area contributed by atoms with Crippen molar-refractivity contribution < 1.29 is 35.5 Å². The van der Waals surface area contributed by atoms with Gasteiger partial charge in [-0.15, -0.1) is 10.2 Å². The van der Waals surface area contributed by atoms with E-state index in [-0.39, 0.29) is 36.7 Å². The van der Waals surface area contributed by atoms with E-state index in [1.165, 1.54) is 6.92 Å². The molecule has 2 aliphatic heterocycles. The zero-order chi connectivity index (χ0) is 31.3. The van der Waals surface area contributed by atoms with Crippen LogP contribution < -0.4 is 0 Å². The molecule has 2 aliphatic rings. The molecule has 6 nitrogen and oxygen atoms in total. The maximum atomic E-state index is 17.4. The Morgan fingerprint density at radius 2 is 1.52 bits per heavy atom. The van der Waals surface area contributed by atoms with Crippen LogP contribution in [0.25, 0.3) is 0 Å². The summed E-state index contributed by atoms with van der Waals surface area (Å²) in [7, 11) is 0. The molecule has 44 heavy (non-hydrogen) atoms. The first kappa shape index (κ1) is 30.2. The van der Waals surface area contributed by atoms with Crippen LogP contribution in [0, 0.1) is 0 Å². The van der Waals surface area contributed by atoms with Crippen LogP contribution in [0.1, 0.15) is 65.9 Å². The van der Waals surface area contributed by atoms with Crippen molar-refractivity contribution in [1.29, 1.82) is 0 Å². The fourth-order valence-electron chi connectivity index (χ4n) is 6.87. The standard InChI is InChI=1S/C31H28F7N5O/c1-19(21-14-23(30(33,34)35)16-24(15-21)31(36,37)38)44-26-13-12-25-28(32,27-39-41-42-40-27)18-29(26,22-10-6-3-7-11-22)43(25)17-20-8-4-2-5-9-20/h2-11,14-16,19,25-26H,12-13,17-18H2,1H3,(H,39,40,41,42). The number of ether oxygens (including phenoxy) is 1.